The van der Waals surface area contributed by atoms with Gasteiger partial charge in [0.25, 0.3) is 0 Å². The minimum atomic E-state index is -0.843. The molecule has 0 heterocycles. The SMILES string of the molecule is CONCc1ccc(O)c(O)c1F. The zero-order valence-electron chi connectivity index (χ0n) is 7.04. The summed E-state index contributed by atoms with van der Waals surface area (Å²) in [6.07, 6.45) is 0. The fraction of sp³-hybridized carbons (Fsp3) is 0.250. The van der Waals surface area contributed by atoms with Crippen LogP contribution in [0.2, 0.25) is 0 Å². The highest BCUT2D eigenvalue weighted by Crippen LogP contribution is 2.29. The summed E-state index contributed by atoms with van der Waals surface area (Å²) in [5, 5.41) is 17.9. The molecule has 0 amide bonds. The molecule has 0 spiro atoms. The van der Waals surface area contributed by atoms with Crippen molar-refractivity contribution in [2.45, 2.75) is 6.54 Å². The van der Waals surface area contributed by atoms with Crippen LogP contribution in [0.5, 0.6) is 11.5 Å². The van der Waals surface area contributed by atoms with Gasteiger partial charge in [0.15, 0.2) is 17.3 Å². The van der Waals surface area contributed by atoms with Gasteiger partial charge < -0.3 is 15.1 Å². The van der Waals surface area contributed by atoms with Crippen LogP contribution in [0.25, 0.3) is 0 Å². The first-order valence-corrected chi connectivity index (χ1v) is 3.62. The fourth-order valence-corrected chi connectivity index (χ4v) is 0.883. The lowest BCUT2D eigenvalue weighted by atomic mass is 10.2. The highest BCUT2D eigenvalue weighted by atomic mass is 19.1. The number of phenolic OH excluding ortho intramolecular Hbond substituents is 2. The first-order valence-electron chi connectivity index (χ1n) is 3.62. The smallest absolute Gasteiger partial charge is 0.194 e. The van der Waals surface area contributed by atoms with E-state index in [9.17, 15) is 4.39 Å². The van der Waals surface area contributed by atoms with Crippen LogP contribution in [0.3, 0.4) is 0 Å². The van der Waals surface area contributed by atoms with Crippen LogP contribution in [-0.2, 0) is 11.4 Å². The first-order chi connectivity index (χ1) is 6.16. The van der Waals surface area contributed by atoms with E-state index in [-0.39, 0.29) is 12.1 Å². The molecule has 0 saturated carbocycles. The Hall–Kier alpha value is -1.33. The molecule has 3 N–H and O–H groups in total. The molecule has 13 heavy (non-hydrogen) atoms. The molecule has 1 rings (SSSR count). The van der Waals surface area contributed by atoms with Gasteiger partial charge in [0, 0.05) is 12.1 Å². The predicted molar refractivity (Wildman–Crippen MR) is 43.6 cm³/mol. The third kappa shape index (κ3) is 2.07. The number of rotatable bonds is 3. The number of hydroxylamine groups is 1. The molecule has 0 aliphatic rings. The lowest BCUT2D eigenvalue weighted by Gasteiger charge is -2.05. The second-order valence-corrected chi connectivity index (χ2v) is 2.43. The van der Waals surface area contributed by atoms with Crippen LogP contribution >= 0.6 is 0 Å². The summed E-state index contributed by atoms with van der Waals surface area (Å²) in [4.78, 5) is 4.51. The van der Waals surface area contributed by atoms with Crippen molar-refractivity contribution in [2.24, 2.45) is 0 Å². The summed E-state index contributed by atoms with van der Waals surface area (Å²) in [6.45, 7) is 0.121. The molecule has 1 aromatic carbocycles. The van der Waals surface area contributed by atoms with Gasteiger partial charge in [-0.2, -0.15) is 5.48 Å². The number of aromatic hydroxyl groups is 2. The summed E-state index contributed by atoms with van der Waals surface area (Å²) < 4.78 is 13.1. The monoisotopic (exact) mass is 187 g/mol. The van der Waals surface area contributed by atoms with Crippen molar-refractivity contribution >= 4 is 0 Å². The average Bonchev–Trinajstić information content (AvgIpc) is 2.13. The van der Waals surface area contributed by atoms with Crippen molar-refractivity contribution in [1.82, 2.24) is 5.48 Å². The van der Waals surface area contributed by atoms with Crippen LogP contribution in [-0.4, -0.2) is 17.3 Å². The van der Waals surface area contributed by atoms with Crippen molar-refractivity contribution in [3.8, 4) is 11.5 Å². The maximum absolute atomic E-state index is 13.1. The average molecular weight is 187 g/mol. The molecule has 1 aromatic rings. The normalized spacial score (nSPS) is 10.3. The van der Waals surface area contributed by atoms with Gasteiger partial charge >= 0.3 is 0 Å². The molecule has 0 aliphatic carbocycles. The molecular formula is C8H10FNO3. The van der Waals surface area contributed by atoms with Gasteiger partial charge in [0.05, 0.1) is 7.11 Å². The molecular weight excluding hydrogens is 177 g/mol. The third-order valence-corrected chi connectivity index (χ3v) is 1.58. The van der Waals surface area contributed by atoms with E-state index >= 15 is 0 Å². The maximum Gasteiger partial charge on any atom is 0.194 e. The van der Waals surface area contributed by atoms with Crippen LogP contribution in [0.4, 0.5) is 4.39 Å². The largest absolute Gasteiger partial charge is 0.504 e. The second kappa shape index (κ2) is 4.06. The van der Waals surface area contributed by atoms with E-state index < -0.39 is 17.3 Å². The van der Waals surface area contributed by atoms with Crippen LogP contribution in [0, 0.1) is 5.82 Å². The highest BCUT2D eigenvalue weighted by molar-refractivity contribution is 5.42. The number of nitrogens with one attached hydrogen (secondary N) is 1. The molecule has 0 atom stereocenters. The first kappa shape index (κ1) is 9.76. The highest BCUT2D eigenvalue weighted by Gasteiger charge is 2.10. The Bertz CT molecular complexity index is 304. The Morgan fingerprint density at radius 1 is 1.46 bits per heavy atom. The summed E-state index contributed by atoms with van der Waals surface area (Å²) >= 11 is 0. The molecule has 0 unspecified atom stereocenters. The Morgan fingerprint density at radius 3 is 2.77 bits per heavy atom. The van der Waals surface area contributed by atoms with E-state index in [1.807, 2.05) is 0 Å². The van der Waals surface area contributed by atoms with E-state index in [1.165, 1.54) is 19.2 Å². The van der Waals surface area contributed by atoms with E-state index in [2.05, 4.69) is 10.3 Å². The van der Waals surface area contributed by atoms with E-state index in [1.54, 1.807) is 0 Å². The molecule has 72 valence electrons. The molecule has 0 bridgehead atoms. The quantitative estimate of drug-likeness (QED) is 0.485. The van der Waals surface area contributed by atoms with Gasteiger partial charge in [0.1, 0.15) is 0 Å². The molecule has 0 fully saturated rings. The summed E-state index contributed by atoms with van der Waals surface area (Å²) in [7, 11) is 1.40. The molecule has 5 heteroatoms. The van der Waals surface area contributed by atoms with Gasteiger partial charge in [-0.3, -0.25) is 0 Å². The minimum Gasteiger partial charge on any atom is -0.504 e. The number of halogens is 1. The van der Waals surface area contributed by atoms with E-state index in [0.717, 1.165) is 0 Å². The summed E-state index contributed by atoms with van der Waals surface area (Å²) in [5.41, 5.74) is 2.64. The van der Waals surface area contributed by atoms with E-state index in [4.69, 9.17) is 10.2 Å². The standard InChI is InChI=1S/C8H10FNO3/c1-13-10-4-5-2-3-6(11)8(12)7(5)9/h2-3,10-12H,4H2,1H3. The van der Waals surface area contributed by atoms with Crippen molar-refractivity contribution < 1.29 is 19.4 Å². The van der Waals surface area contributed by atoms with Crippen LogP contribution < -0.4 is 5.48 Å². The Kier molecular flexibility index (Phi) is 3.05. The van der Waals surface area contributed by atoms with Gasteiger partial charge in [-0.1, -0.05) is 6.07 Å². The number of hydrogen-bond donors (Lipinski definition) is 3. The van der Waals surface area contributed by atoms with E-state index in [0.29, 0.717) is 0 Å². The van der Waals surface area contributed by atoms with Crippen LogP contribution in [0.15, 0.2) is 12.1 Å². The van der Waals surface area contributed by atoms with Crippen molar-refractivity contribution in [3.63, 3.8) is 0 Å². The van der Waals surface area contributed by atoms with Gasteiger partial charge in [-0.25, -0.2) is 4.39 Å². The third-order valence-electron chi connectivity index (χ3n) is 1.58. The fourth-order valence-electron chi connectivity index (χ4n) is 0.883. The Labute approximate surface area is 74.5 Å². The minimum absolute atomic E-state index is 0.121. The van der Waals surface area contributed by atoms with Crippen molar-refractivity contribution in [1.29, 1.82) is 0 Å². The topological polar surface area (TPSA) is 61.7 Å². The van der Waals surface area contributed by atoms with Gasteiger partial charge in [-0.05, 0) is 6.07 Å². The zero-order valence-corrected chi connectivity index (χ0v) is 7.04. The molecule has 0 aliphatic heterocycles. The zero-order chi connectivity index (χ0) is 9.84. The molecule has 0 radical (unpaired) electrons. The number of phenols is 2. The summed E-state index contributed by atoms with van der Waals surface area (Å²) in [6, 6.07) is 2.57. The lowest BCUT2D eigenvalue weighted by molar-refractivity contribution is 0.0858. The van der Waals surface area contributed by atoms with Crippen molar-refractivity contribution in [2.75, 3.05) is 7.11 Å². The van der Waals surface area contributed by atoms with Gasteiger partial charge in [-0.15, -0.1) is 0 Å². The lowest BCUT2D eigenvalue weighted by Crippen LogP contribution is -2.11. The molecule has 0 aromatic heterocycles. The van der Waals surface area contributed by atoms with Crippen LogP contribution in [0.1, 0.15) is 5.56 Å². The molecule has 0 saturated heterocycles. The Morgan fingerprint density at radius 2 is 2.15 bits per heavy atom. The van der Waals surface area contributed by atoms with Gasteiger partial charge in [0.2, 0.25) is 0 Å². The Balaban J connectivity index is 2.90. The number of hydrogen-bond acceptors (Lipinski definition) is 4. The number of benzene rings is 1. The predicted octanol–water partition coefficient (Wildman–Crippen LogP) is 0.888. The maximum atomic E-state index is 13.1. The van der Waals surface area contributed by atoms with Crippen molar-refractivity contribution in [3.05, 3.63) is 23.5 Å². The molecule has 4 nitrogen and oxygen atoms in total. The summed E-state index contributed by atoms with van der Waals surface area (Å²) in [5.74, 6) is -2.06. The second-order valence-electron chi connectivity index (χ2n) is 2.43.